The summed E-state index contributed by atoms with van der Waals surface area (Å²) in [7, 11) is 3.54. The molecule has 0 atom stereocenters. The van der Waals surface area contributed by atoms with Crippen molar-refractivity contribution in [3.8, 4) is 0 Å². The minimum Gasteiger partial charge on any atom is -0.340 e. The highest BCUT2D eigenvalue weighted by molar-refractivity contribution is 5.95. The van der Waals surface area contributed by atoms with Crippen LogP contribution in [0.4, 0.5) is 5.69 Å². The van der Waals surface area contributed by atoms with Crippen LogP contribution in [0.3, 0.4) is 0 Å². The molecule has 0 aromatic heterocycles. The fourth-order valence-electron chi connectivity index (χ4n) is 2.33. The summed E-state index contributed by atoms with van der Waals surface area (Å²) >= 11 is 0. The average Bonchev–Trinajstić information content (AvgIpc) is 2.42. The molecular weight excluding hydrogens is 242 g/mol. The first-order chi connectivity index (χ1) is 9.02. The van der Waals surface area contributed by atoms with Crippen molar-refractivity contribution in [2.24, 2.45) is 5.73 Å². The first-order valence-corrected chi connectivity index (χ1v) is 6.35. The third-order valence-electron chi connectivity index (χ3n) is 3.51. The Balaban J connectivity index is 2.18. The van der Waals surface area contributed by atoms with Crippen LogP contribution in [0, 0.1) is 0 Å². The molecule has 2 amide bonds. The number of likely N-dealkylation sites (N-methyl/N-ethyl adjacent to an activating group) is 1. The monoisotopic (exact) mass is 261 g/mol. The number of carbonyl (C=O) groups excluding carboxylic acids is 2. The van der Waals surface area contributed by atoms with Gasteiger partial charge >= 0.3 is 0 Å². The van der Waals surface area contributed by atoms with Crippen molar-refractivity contribution >= 4 is 17.5 Å². The Hall–Kier alpha value is -1.88. The molecule has 0 saturated carbocycles. The molecule has 1 aromatic carbocycles. The maximum Gasteiger partial charge on any atom is 0.236 e. The summed E-state index contributed by atoms with van der Waals surface area (Å²) in [5.74, 6) is 0.0701. The molecule has 102 valence electrons. The molecule has 1 heterocycles. The fraction of sp³-hybridized carbons (Fsp3) is 0.429. The molecule has 19 heavy (non-hydrogen) atoms. The molecule has 1 aromatic rings. The number of hydrogen-bond acceptors (Lipinski definition) is 3. The number of aryl methyl sites for hydroxylation is 1. The van der Waals surface area contributed by atoms with Crippen LogP contribution in [-0.4, -0.2) is 37.4 Å². The van der Waals surface area contributed by atoms with E-state index < -0.39 is 0 Å². The van der Waals surface area contributed by atoms with Gasteiger partial charge in [0.1, 0.15) is 0 Å². The minimum atomic E-state index is -0.0787. The van der Waals surface area contributed by atoms with Gasteiger partial charge in [-0.1, -0.05) is 12.1 Å². The van der Waals surface area contributed by atoms with Crippen LogP contribution in [0.25, 0.3) is 0 Å². The van der Waals surface area contributed by atoms with Crippen LogP contribution in [0.2, 0.25) is 0 Å². The number of benzene rings is 1. The van der Waals surface area contributed by atoms with Gasteiger partial charge in [-0.25, -0.2) is 0 Å². The number of carbonyl (C=O) groups is 2. The third-order valence-corrected chi connectivity index (χ3v) is 3.51. The molecule has 2 rings (SSSR count). The van der Waals surface area contributed by atoms with Crippen molar-refractivity contribution in [3.63, 3.8) is 0 Å². The Bertz CT molecular complexity index is 513. The maximum atomic E-state index is 11.6. The maximum absolute atomic E-state index is 11.6. The van der Waals surface area contributed by atoms with Crippen molar-refractivity contribution in [2.45, 2.75) is 19.4 Å². The SMILES string of the molecule is CN(Cc1ccc2c(c1)CCC(=O)N2C)C(=O)CN. The van der Waals surface area contributed by atoms with Crippen molar-refractivity contribution in [3.05, 3.63) is 29.3 Å². The summed E-state index contributed by atoms with van der Waals surface area (Å²) in [5, 5.41) is 0. The summed E-state index contributed by atoms with van der Waals surface area (Å²) in [6.07, 6.45) is 1.31. The molecule has 2 N–H and O–H groups in total. The van der Waals surface area contributed by atoms with E-state index in [-0.39, 0.29) is 18.4 Å². The molecule has 1 aliphatic heterocycles. The van der Waals surface area contributed by atoms with E-state index in [1.165, 1.54) is 0 Å². The minimum absolute atomic E-state index is 0.0265. The zero-order valence-electron chi connectivity index (χ0n) is 11.3. The molecule has 0 radical (unpaired) electrons. The van der Waals surface area contributed by atoms with E-state index >= 15 is 0 Å². The Morgan fingerprint density at radius 2 is 2.16 bits per heavy atom. The van der Waals surface area contributed by atoms with Gasteiger partial charge < -0.3 is 15.5 Å². The topological polar surface area (TPSA) is 66.6 Å². The van der Waals surface area contributed by atoms with Gasteiger partial charge in [0.05, 0.1) is 6.54 Å². The van der Waals surface area contributed by atoms with Crippen molar-refractivity contribution in [1.29, 1.82) is 0 Å². The molecule has 5 nitrogen and oxygen atoms in total. The Labute approximate surface area is 113 Å². The highest BCUT2D eigenvalue weighted by Gasteiger charge is 2.21. The van der Waals surface area contributed by atoms with E-state index in [0.717, 1.165) is 23.2 Å². The molecule has 0 aliphatic carbocycles. The molecule has 0 spiro atoms. The van der Waals surface area contributed by atoms with E-state index in [0.29, 0.717) is 13.0 Å². The van der Waals surface area contributed by atoms with E-state index in [1.54, 1.807) is 23.9 Å². The molecule has 0 saturated heterocycles. The Morgan fingerprint density at radius 1 is 1.42 bits per heavy atom. The first kappa shape index (κ1) is 13.5. The number of nitrogens with two attached hydrogens (primary N) is 1. The van der Waals surface area contributed by atoms with Crippen LogP contribution in [0.1, 0.15) is 17.5 Å². The van der Waals surface area contributed by atoms with Crippen LogP contribution < -0.4 is 10.6 Å². The molecule has 0 unspecified atom stereocenters. The number of fused-ring (bicyclic) bond motifs is 1. The lowest BCUT2D eigenvalue weighted by Crippen LogP contribution is -2.33. The molecule has 5 heteroatoms. The van der Waals surface area contributed by atoms with Gasteiger partial charge in [-0.2, -0.15) is 0 Å². The summed E-state index contributed by atoms with van der Waals surface area (Å²) in [6.45, 7) is 0.569. The van der Waals surface area contributed by atoms with Crippen molar-refractivity contribution in [1.82, 2.24) is 4.90 Å². The molecule has 1 aliphatic rings. The number of amides is 2. The zero-order chi connectivity index (χ0) is 14.0. The lowest BCUT2D eigenvalue weighted by molar-refractivity contribution is -0.128. The predicted molar refractivity (Wildman–Crippen MR) is 73.7 cm³/mol. The normalized spacial score (nSPS) is 14.3. The first-order valence-electron chi connectivity index (χ1n) is 6.35. The van der Waals surface area contributed by atoms with Gasteiger partial charge in [0, 0.05) is 32.7 Å². The molecular formula is C14H19N3O2. The Kier molecular flexibility index (Phi) is 3.85. The van der Waals surface area contributed by atoms with Crippen LogP contribution in [-0.2, 0) is 22.6 Å². The largest absolute Gasteiger partial charge is 0.340 e. The summed E-state index contributed by atoms with van der Waals surface area (Å²) in [4.78, 5) is 26.4. The van der Waals surface area contributed by atoms with Crippen LogP contribution in [0.15, 0.2) is 18.2 Å². The van der Waals surface area contributed by atoms with Gasteiger partial charge in [-0.15, -0.1) is 0 Å². The molecule has 0 fully saturated rings. The second-order valence-electron chi connectivity index (χ2n) is 4.87. The van der Waals surface area contributed by atoms with E-state index in [4.69, 9.17) is 5.73 Å². The van der Waals surface area contributed by atoms with Crippen LogP contribution >= 0.6 is 0 Å². The number of anilines is 1. The van der Waals surface area contributed by atoms with E-state index in [2.05, 4.69) is 6.07 Å². The predicted octanol–water partition coefficient (Wildman–Crippen LogP) is 0.513. The third kappa shape index (κ3) is 2.76. The number of hydrogen-bond donors (Lipinski definition) is 1. The van der Waals surface area contributed by atoms with Gasteiger partial charge in [0.25, 0.3) is 0 Å². The smallest absolute Gasteiger partial charge is 0.236 e. The van der Waals surface area contributed by atoms with Gasteiger partial charge in [0.2, 0.25) is 11.8 Å². The van der Waals surface area contributed by atoms with Crippen LogP contribution in [0.5, 0.6) is 0 Å². The molecule has 0 bridgehead atoms. The highest BCUT2D eigenvalue weighted by atomic mass is 16.2. The fourth-order valence-corrected chi connectivity index (χ4v) is 2.33. The Morgan fingerprint density at radius 3 is 2.84 bits per heavy atom. The van der Waals surface area contributed by atoms with Crippen molar-refractivity contribution in [2.75, 3.05) is 25.5 Å². The van der Waals surface area contributed by atoms with Gasteiger partial charge in [-0.05, 0) is 23.6 Å². The second kappa shape index (κ2) is 5.40. The zero-order valence-corrected chi connectivity index (χ0v) is 11.3. The van der Waals surface area contributed by atoms with E-state index in [1.807, 2.05) is 12.1 Å². The highest BCUT2D eigenvalue weighted by Crippen LogP contribution is 2.27. The average molecular weight is 261 g/mol. The van der Waals surface area contributed by atoms with E-state index in [9.17, 15) is 9.59 Å². The number of nitrogens with zero attached hydrogens (tertiary/aromatic N) is 2. The standard InChI is InChI=1S/C14H19N3O2/c1-16(14(19)8-15)9-10-3-5-12-11(7-10)4-6-13(18)17(12)2/h3,5,7H,4,6,8-9,15H2,1-2H3. The summed E-state index contributed by atoms with van der Waals surface area (Å²) < 4.78 is 0. The summed E-state index contributed by atoms with van der Waals surface area (Å²) in [6, 6.07) is 5.97. The van der Waals surface area contributed by atoms with Gasteiger partial charge in [0.15, 0.2) is 0 Å². The summed E-state index contributed by atoms with van der Waals surface area (Å²) in [5.41, 5.74) is 8.52. The second-order valence-corrected chi connectivity index (χ2v) is 4.87. The van der Waals surface area contributed by atoms with Crippen molar-refractivity contribution < 1.29 is 9.59 Å². The number of rotatable bonds is 3. The lowest BCUT2D eigenvalue weighted by Gasteiger charge is -2.26. The quantitative estimate of drug-likeness (QED) is 0.862. The van der Waals surface area contributed by atoms with Gasteiger partial charge in [-0.3, -0.25) is 9.59 Å². The lowest BCUT2D eigenvalue weighted by atomic mass is 9.99.